The van der Waals surface area contributed by atoms with Crippen molar-refractivity contribution in [1.82, 2.24) is 4.98 Å². The van der Waals surface area contributed by atoms with Crippen molar-refractivity contribution in [3.8, 4) is 18.1 Å². The SMILES string of the molecule is C#CC1(O)CCOc2cccnc21. The molecule has 1 atom stereocenters. The summed E-state index contributed by atoms with van der Waals surface area (Å²) >= 11 is 0. The van der Waals surface area contributed by atoms with Crippen molar-refractivity contribution in [2.24, 2.45) is 0 Å². The minimum Gasteiger partial charge on any atom is -0.491 e. The average Bonchev–Trinajstić information content (AvgIpc) is 2.19. The second-order valence-electron chi connectivity index (χ2n) is 2.95. The third-order valence-corrected chi connectivity index (χ3v) is 2.12. The Hall–Kier alpha value is -1.53. The average molecular weight is 175 g/mol. The topological polar surface area (TPSA) is 42.4 Å². The van der Waals surface area contributed by atoms with Crippen molar-refractivity contribution in [3.63, 3.8) is 0 Å². The number of rotatable bonds is 0. The summed E-state index contributed by atoms with van der Waals surface area (Å²) in [5, 5.41) is 9.95. The van der Waals surface area contributed by atoms with Crippen LogP contribution in [0.2, 0.25) is 0 Å². The quantitative estimate of drug-likeness (QED) is 0.590. The van der Waals surface area contributed by atoms with E-state index in [-0.39, 0.29) is 0 Å². The molecule has 1 aliphatic rings. The number of aromatic nitrogens is 1. The minimum absolute atomic E-state index is 0.396. The van der Waals surface area contributed by atoms with E-state index in [0.717, 1.165) is 0 Å². The summed E-state index contributed by atoms with van der Waals surface area (Å²) < 4.78 is 5.30. The lowest BCUT2D eigenvalue weighted by atomic mass is 9.94. The van der Waals surface area contributed by atoms with Gasteiger partial charge in [-0.3, -0.25) is 4.98 Å². The Labute approximate surface area is 76.4 Å². The van der Waals surface area contributed by atoms with E-state index in [9.17, 15) is 5.11 Å². The molecule has 1 aliphatic heterocycles. The number of aliphatic hydroxyl groups is 1. The van der Waals surface area contributed by atoms with Gasteiger partial charge in [0.1, 0.15) is 11.4 Å². The predicted octanol–water partition coefficient (Wildman–Crippen LogP) is 0.685. The fourth-order valence-corrected chi connectivity index (χ4v) is 1.39. The van der Waals surface area contributed by atoms with Crippen LogP contribution in [0.1, 0.15) is 12.1 Å². The number of ether oxygens (including phenoxy) is 1. The van der Waals surface area contributed by atoms with Crippen LogP contribution in [0, 0.1) is 12.3 Å². The van der Waals surface area contributed by atoms with Gasteiger partial charge in [-0.2, -0.15) is 0 Å². The molecule has 0 spiro atoms. The number of nitrogens with zero attached hydrogens (tertiary/aromatic N) is 1. The summed E-state index contributed by atoms with van der Waals surface area (Å²) in [6.07, 6.45) is 7.25. The van der Waals surface area contributed by atoms with Gasteiger partial charge >= 0.3 is 0 Å². The second kappa shape index (κ2) is 2.75. The molecule has 66 valence electrons. The molecule has 1 aromatic rings. The molecule has 0 aliphatic carbocycles. The van der Waals surface area contributed by atoms with Crippen molar-refractivity contribution in [2.45, 2.75) is 12.0 Å². The molecule has 0 fully saturated rings. The van der Waals surface area contributed by atoms with Crippen molar-refractivity contribution >= 4 is 0 Å². The molecular weight excluding hydrogens is 166 g/mol. The molecule has 1 N–H and O–H groups in total. The molecule has 3 nitrogen and oxygen atoms in total. The molecule has 13 heavy (non-hydrogen) atoms. The van der Waals surface area contributed by atoms with E-state index >= 15 is 0 Å². The van der Waals surface area contributed by atoms with Gasteiger partial charge in [0.25, 0.3) is 0 Å². The lowest BCUT2D eigenvalue weighted by Crippen LogP contribution is -2.32. The number of hydrogen-bond donors (Lipinski definition) is 1. The Balaban J connectivity index is 2.56. The van der Waals surface area contributed by atoms with Crippen LogP contribution >= 0.6 is 0 Å². The van der Waals surface area contributed by atoms with E-state index in [1.165, 1.54) is 0 Å². The number of pyridine rings is 1. The number of fused-ring (bicyclic) bond motifs is 1. The predicted molar refractivity (Wildman–Crippen MR) is 47.1 cm³/mol. The summed E-state index contributed by atoms with van der Waals surface area (Å²) in [5.74, 6) is 2.93. The van der Waals surface area contributed by atoms with Crippen LogP contribution in [0.25, 0.3) is 0 Å². The molecule has 0 bridgehead atoms. The first kappa shape index (κ1) is 8.09. The first-order valence-electron chi connectivity index (χ1n) is 4.05. The van der Waals surface area contributed by atoms with Gasteiger partial charge in [-0.05, 0) is 12.1 Å². The molecule has 0 saturated heterocycles. The monoisotopic (exact) mass is 175 g/mol. The smallest absolute Gasteiger partial charge is 0.174 e. The summed E-state index contributed by atoms with van der Waals surface area (Å²) in [7, 11) is 0. The van der Waals surface area contributed by atoms with Gasteiger partial charge in [0.15, 0.2) is 5.60 Å². The van der Waals surface area contributed by atoms with Crippen LogP contribution in [0.3, 0.4) is 0 Å². The normalized spacial score (nSPS) is 25.5. The summed E-state index contributed by atoms with van der Waals surface area (Å²) in [5.41, 5.74) is -0.807. The van der Waals surface area contributed by atoms with Crippen molar-refractivity contribution in [3.05, 3.63) is 24.0 Å². The van der Waals surface area contributed by atoms with Gasteiger partial charge in [0.05, 0.1) is 6.61 Å². The lowest BCUT2D eigenvalue weighted by Gasteiger charge is -2.28. The molecule has 0 aromatic carbocycles. The molecule has 1 aromatic heterocycles. The fraction of sp³-hybridized carbons (Fsp3) is 0.300. The molecule has 2 rings (SSSR count). The van der Waals surface area contributed by atoms with Crippen LogP contribution in [-0.4, -0.2) is 16.7 Å². The highest BCUT2D eigenvalue weighted by Gasteiger charge is 2.34. The highest BCUT2D eigenvalue weighted by Crippen LogP contribution is 2.34. The van der Waals surface area contributed by atoms with Crippen LogP contribution in [0.5, 0.6) is 5.75 Å². The van der Waals surface area contributed by atoms with Gasteiger partial charge < -0.3 is 9.84 Å². The third-order valence-electron chi connectivity index (χ3n) is 2.12. The van der Waals surface area contributed by atoms with Gasteiger partial charge in [-0.25, -0.2) is 0 Å². The van der Waals surface area contributed by atoms with E-state index in [4.69, 9.17) is 11.2 Å². The zero-order valence-electron chi connectivity index (χ0n) is 7.03. The highest BCUT2D eigenvalue weighted by atomic mass is 16.5. The highest BCUT2D eigenvalue weighted by molar-refractivity contribution is 5.38. The Kier molecular flexibility index (Phi) is 1.71. The minimum atomic E-state index is -1.26. The van der Waals surface area contributed by atoms with Crippen LogP contribution in [-0.2, 0) is 5.60 Å². The molecule has 1 unspecified atom stereocenters. The maximum absolute atomic E-state index is 9.95. The molecule has 0 amide bonds. The number of hydrogen-bond acceptors (Lipinski definition) is 3. The summed E-state index contributed by atoms with van der Waals surface area (Å²) in [4.78, 5) is 4.03. The van der Waals surface area contributed by atoms with Crippen molar-refractivity contribution in [1.29, 1.82) is 0 Å². The van der Waals surface area contributed by atoms with E-state index in [2.05, 4.69) is 10.9 Å². The zero-order chi connectivity index (χ0) is 9.31. The van der Waals surface area contributed by atoms with Crippen molar-refractivity contribution < 1.29 is 9.84 Å². The summed E-state index contributed by atoms with van der Waals surface area (Å²) in [6.45, 7) is 0.430. The first-order valence-corrected chi connectivity index (χ1v) is 4.05. The second-order valence-corrected chi connectivity index (χ2v) is 2.95. The third kappa shape index (κ3) is 1.16. The standard InChI is InChI=1S/C10H9NO2/c1-2-10(12)5-7-13-8-4-3-6-11-9(8)10/h1,3-4,6,12H,5,7H2. The zero-order valence-corrected chi connectivity index (χ0v) is 7.03. The van der Waals surface area contributed by atoms with Crippen LogP contribution in [0.15, 0.2) is 18.3 Å². The molecule has 0 radical (unpaired) electrons. The van der Waals surface area contributed by atoms with Gasteiger partial charge in [0, 0.05) is 12.6 Å². The number of terminal acetylenes is 1. The Morgan fingerprint density at radius 1 is 1.69 bits per heavy atom. The van der Waals surface area contributed by atoms with Gasteiger partial charge in [-0.1, -0.05) is 5.92 Å². The van der Waals surface area contributed by atoms with E-state index in [1.807, 2.05) is 0 Å². The molecule has 2 heterocycles. The van der Waals surface area contributed by atoms with Crippen LogP contribution < -0.4 is 4.74 Å². The van der Waals surface area contributed by atoms with Gasteiger partial charge in [-0.15, -0.1) is 6.42 Å². The summed E-state index contributed by atoms with van der Waals surface area (Å²) in [6, 6.07) is 3.50. The van der Waals surface area contributed by atoms with E-state index in [0.29, 0.717) is 24.5 Å². The van der Waals surface area contributed by atoms with Crippen LogP contribution in [0.4, 0.5) is 0 Å². The Morgan fingerprint density at radius 3 is 3.31 bits per heavy atom. The molecule has 3 heteroatoms. The maximum Gasteiger partial charge on any atom is 0.174 e. The molecular formula is C10H9NO2. The maximum atomic E-state index is 9.95. The largest absolute Gasteiger partial charge is 0.491 e. The fourth-order valence-electron chi connectivity index (χ4n) is 1.39. The Bertz CT molecular complexity index is 369. The first-order chi connectivity index (χ1) is 6.26. The lowest BCUT2D eigenvalue weighted by molar-refractivity contribution is 0.0465. The van der Waals surface area contributed by atoms with Crippen molar-refractivity contribution in [2.75, 3.05) is 6.61 Å². The van der Waals surface area contributed by atoms with E-state index in [1.54, 1.807) is 18.3 Å². The van der Waals surface area contributed by atoms with E-state index < -0.39 is 5.60 Å². The van der Waals surface area contributed by atoms with Gasteiger partial charge in [0.2, 0.25) is 0 Å². The molecule has 0 saturated carbocycles. The Morgan fingerprint density at radius 2 is 2.54 bits per heavy atom.